The minimum atomic E-state index is -3.53. The van der Waals surface area contributed by atoms with Crippen molar-refractivity contribution < 1.29 is 8.42 Å². The number of nitrogens with zero attached hydrogens (tertiary/aromatic N) is 1. The Morgan fingerprint density at radius 3 is 2.70 bits per heavy atom. The first kappa shape index (κ1) is 17.8. The molecule has 0 heterocycles. The fraction of sp³-hybridized carbons (Fsp3) is 0.538. The first-order valence-corrected chi connectivity index (χ1v) is 9.59. The zero-order valence-electron chi connectivity index (χ0n) is 12.0. The third-order valence-corrected chi connectivity index (χ3v) is 5.80. The second-order valence-corrected chi connectivity index (χ2v) is 7.77. The molecule has 114 valence electrons. The van der Waals surface area contributed by atoms with Crippen LogP contribution in [0.15, 0.2) is 23.1 Å². The molecule has 0 amide bonds. The van der Waals surface area contributed by atoms with Crippen molar-refractivity contribution in [3.8, 4) is 0 Å². The van der Waals surface area contributed by atoms with Crippen LogP contribution in [-0.2, 0) is 16.6 Å². The van der Waals surface area contributed by atoms with Gasteiger partial charge in [-0.25, -0.2) is 12.7 Å². The number of hydrogen-bond donors (Lipinski definition) is 1. The third kappa shape index (κ3) is 4.63. The number of thioether (sulfide) groups is 1. The molecule has 1 aromatic rings. The molecule has 0 aliphatic carbocycles. The lowest BCUT2D eigenvalue weighted by Gasteiger charge is -2.18. The van der Waals surface area contributed by atoms with Crippen LogP contribution < -0.4 is 5.32 Å². The van der Waals surface area contributed by atoms with Crippen molar-refractivity contribution in [3.05, 3.63) is 28.8 Å². The average molecular weight is 337 g/mol. The van der Waals surface area contributed by atoms with Gasteiger partial charge in [0.15, 0.2) is 0 Å². The number of hydrogen-bond acceptors (Lipinski definition) is 4. The lowest BCUT2D eigenvalue weighted by Crippen LogP contribution is -2.29. The summed E-state index contributed by atoms with van der Waals surface area (Å²) in [6.45, 7) is 3.93. The van der Waals surface area contributed by atoms with Crippen LogP contribution in [0.5, 0.6) is 0 Å². The van der Waals surface area contributed by atoms with Crippen molar-refractivity contribution in [2.24, 2.45) is 0 Å². The summed E-state index contributed by atoms with van der Waals surface area (Å²) in [6, 6.07) is 5.13. The monoisotopic (exact) mass is 336 g/mol. The zero-order chi connectivity index (χ0) is 15.2. The normalized spacial score (nSPS) is 12.1. The van der Waals surface area contributed by atoms with Crippen LogP contribution in [0.1, 0.15) is 12.5 Å². The maximum atomic E-state index is 12.5. The van der Waals surface area contributed by atoms with Crippen molar-refractivity contribution >= 4 is 33.4 Å². The van der Waals surface area contributed by atoms with Crippen molar-refractivity contribution in [1.29, 1.82) is 0 Å². The van der Waals surface area contributed by atoms with Crippen LogP contribution in [0.3, 0.4) is 0 Å². The Morgan fingerprint density at radius 2 is 2.10 bits per heavy atom. The van der Waals surface area contributed by atoms with Gasteiger partial charge in [-0.2, -0.15) is 11.8 Å². The van der Waals surface area contributed by atoms with Crippen molar-refractivity contribution in [2.75, 3.05) is 32.1 Å². The molecule has 1 rings (SSSR count). The van der Waals surface area contributed by atoms with Gasteiger partial charge in [0.25, 0.3) is 0 Å². The molecular weight excluding hydrogens is 316 g/mol. The van der Waals surface area contributed by atoms with E-state index in [-0.39, 0.29) is 9.92 Å². The maximum Gasteiger partial charge on any atom is 0.244 e. The fourth-order valence-corrected chi connectivity index (χ4v) is 3.90. The predicted molar refractivity (Wildman–Crippen MR) is 87.0 cm³/mol. The molecule has 7 heteroatoms. The number of halogens is 1. The highest BCUT2D eigenvalue weighted by Crippen LogP contribution is 2.25. The van der Waals surface area contributed by atoms with E-state index in [0.29, 0.717) is 13.1 Å². The summed E-state index contributed by atoms with van der Waals surface area (Å²) in [6.07, 6.45) is 1.95. The van der Waals surface area contributed by atoms with E-state index in [9.17, 15) is 8.42 Å². The summed E-state index contributed by atoms with van der Waals surface area (Å²) in [5.74, 6) is 0.754. The van der Waals surface area contributed by atoms with Gasteiger partial charge in [-0.15, -0.1) is 0 Å². The minimum absolute atomic E-state index is 0.179. The van der Waals surface area contributed by atoms with Gasteiger partial charge in [0, 0.05) is 25.9 Å². The van der Waals surface area contributed by atoms with Crippen LogP contribution in [0, 0.1) is 0 Å². The van der Waals surface area contributed by atoms with Gasteiger partial charge >= 0.3 is 0 Å². The van der Waals surface area contributed by atoms with Crippen LogP contribution in [0.4, 0.5) is 0 Å². The van der Waals surface area contributed by atoms with Gasteiger partial charge in [0.05, 0.1) is 5.02 Å². The van der Waals surface area contributed by atoms with Crippen LogP contribution in [-0.4, -0.2) is 44.9 Å². The molecule has 1 N–H and O–H groups in total. The van der Waals surface area contributed by atoms with E-state index >= 15 is 0 Å². The first-order valence-electron chi connectivity index (χ1n) is 6.38. The molecule has 0 unspecified atom stereocenters. The van der Waals surface area contributed by atoms with Crippen LogP contribution in [0.2, 0.25) is 5.02 Å². The summed E-state index contributed by atoms with van der Waals surface area (Å²) < 4.78 is 26.3. The third-order valence-electron chi connectivity index (χ3n) is 2.87. The molecule has 0 aromatic heterocycles. The Bertz CT molecular complexity index is 535. The summed E-state index contributed by atoms with van der Waals surface area (Å²) in [4.78, 5) is 0.179. The lowest BCUT2D eigenvalue weighted by atomic mass is 10.2. The van der Waals surface area contributed by atoms with E-state index in [4.69, 9.17) is 11.6 Å². The van der Waals surface area contributed by atoms with Crippen LogP contribution in [0.25, 0.3) is 0 Å². The average Bonchev–Trinajstić information content (AvgIpc) is 2.43. The highest BCUT2D eigenvalue weighted by molar-refractivity contribution is 7.98. The Morgan fingerprint density at radius 1 is 1.40 bits per heavy atom. The van der Waals surface area contributed by atoms with Crippen LogP contribution >= 0.6 is 23.4 Å². The summed E-state index contributed by atoms with van der Waals surface area (Å²) in [7, 11) is -1.95. The predicted octanol–water partition coefficient (Wildman–Crippen LogP) is 2.43. The second kappa shape index (κ2) is 8.24. The summed E-state index contributed by atoms with van der Waals surface area (Å²) in [5.41, 5.74) is 0.910. The SMILES string of the molecule is CCNCc1ccc(Cl)c(S(=O)(=O)N(C)CCSC)c1. The number of sulfonamides is 1. The Kier molecular flexibility index (Phi) is 7.33. The Labute approximate surface area is 130 Å². The molecule has 0 spiro atoms. The van der Waals surface area contributed by atoms with Gasteiger partial charge in [0.1, 0.15) is 4.90 Å². The molecule has 0 aliphatic heterocycles. The molecule has 20 heavy (non-hydrogen) atoms. The molecule has 0 saturated carbocycles. The van der Waals surface area contributed by atoms with Gasteiger partial charge < -0.3 is 5.32 Å². The van der Waals surface area contributed by atoms with E-state index in [0.717, 1.165) is 17.9 Å². The molecule has 0 radical (unpaired) electrons. The largest absolute Gasteiger partial charge is 0.313 e. The van der Waals surface area contributed by atoms with Gasteiger partial charge in [-0.05, 0) is 30.5 Å². The Hall–Kier alpha value is -0.270. The zero-order valence-corrected chi connectivity index (χ0v) is 14.4. The summed E-state index contributed by atoms with van der Waals surface area (Å²) >= 11 is 7.67. The summed E-state index contributed by atoms with van der Waals surface area (Å²) in [5, 5.41) is 3.44. The molecule has 0 saturated heterocycles. The van der Waals surface area contributed by atoms with E-state index < -0.39 is 10.0 Å². The van der Waals surface area contributed by atoms with E-state index in [1.807, 2.05) is 19.2 Å². The fourth-order valence-electron chi connectivity index (χ4n) is 1.63. The quantitative estimate of drug-likeness (QED) is 0.792. The van der Waals surface area contributed by atoms with Gasteiger partial charge in [-0.1, -0.05) is 24.6 Å². The highest BCUT2D eigenvalue weighted by Gasteiger charge is 2.23. The standard InChI is InChI=1S/C13H21ClN2O2S2/c1-4-15-10-11-5-6-12(14)13(9-11)20(17,18)16(2)7-8-19-3/h5-6,9,15H,4,7-8,10H2,1-3H3. The maximum absolute atomic E-state index is 12.5. The number of benzene rings is 1. The van der Waals surface area contributed by atoms with Crippen molar-refractivity contribution in [2.45, 2.75) is 18.4 Å². The van der Waals surface area contributed by atoms with Crippen molar-refractivity contribution in [3.63, 3.8) is 0 Å². The molecule has 4 nitrogen and oxygen atoms in total. The van der Waals surface area contributed by atoms with E-state index in [2.05, 4.69) is 5.32 Å². The Balaban J connectivity index is 3.03. The van der Waals surface area contributed by atoms with Gasteiger partial charge in [-0.3, -0.25) is 0 Å². The lowest BCUT2D eigenvalue weighted by molar-refractivity contribution is 0.488. The molecular formula is C13H21ClN2O2S2. The van der Waals surface area contributed by atoms with Gasteiger partial charge in [0.2, 0.25) is 10.0 Å². The highest BCUT2D eigenvalue weighted by atomic mass is 35.5. The molecule has 0 atom stereocenters. The smallest absolute Gasteiger partial charge is 0.244 e. The van der Waals surface area contributed by atoms with Crippen molar-refractivity contribution in [1.82, 2.24) is 9.62 Å². The molecule has 0 aliphatic rings. The topological polar surface area (TPSA) is 49.4 Å². The molecule has 0 fully saturated rings. The molecule has 0 bridgehead atoms. The number of rotatable bonds is 8. The molecule has 1 aromatic carbocycles. The second-order valence-electron chi connectivity index (χ2n) is 4.36. The minimum Gasteiger partial charge on any atom is -0.313 e. The first-order chi connectivity index (χ1) is 9.43. The van der Waals surface area contributed by atoms with E-state index in [1.165, 1.54) is 4.31 Å². The van der Waals surface area contributed by atoms with E-state index in [1.54, 1.807) is 30.9 Å². The number of nitrogens with one attached hydrogen (secondary N) is 1.